The summed E-state index contributed by atoms with van der Waals surface area (Å²) in [5.41, 5.74) is 2.72. The van der Waals surface area contributed by atoms with Gasteiger partial charge in [-0.3, -0.25) is 0 Å². The summed E-state index contributed by atoms with van der Waals surface area (Å²) in [6.07, 6.45) is 2.44. The van der Waals surface area contributed by atoms with E-state index in [1.807, 2.05) is 12.1 Å². The Morgan fingerprint density at radius 2 is 2.15 bits per heavy atom. The van der Waals surface area contributed by atoms with Gasteiger partial charge in [0.25, 0.3) is 0 Å². The smallest absolute Gasteiger partial charge is 0.0991 e. The van der Waals surface area contributed by atoms with Gasteiger partial charge in [0.1, 0.15) is 0 Å². The minimum Gasteiger partial charge on any atom is -0.392 e. The topological polar surface area (TPSA) is 44.0 Å². The first-order valence-corrected chi connectivity index (χ1v) is 4.48. The van der Waals surface area contributed by atoms with Crippen LogP contribution in [-0.2, 0) is 6.61 Å². The van der Waals surface area contributed by atoms with Crippen LogP contribution < -0.4 is 0 Å². The van der Waals surface area contributed by atoms with Crippen LogP contribution in [0.15, 0.2) is 18.2 Å². The molecule has 1 aliphatic rings. The van der Waals surface area contributed by atoms with Gasteiger partial charge in [0.15, 0.2) is 0 Å². The highest BCUT2D eigenvalue weighted by atomic mass is 16.3. The number of rotatable bonds is 2. The molecule has 0 saturated heterocycles. The Bertz CT molecular complexity index is 361. The summed E-state index contributed by atoms with van der Waals surface area (Å²) in [4.78, 5) is 0. The van der Waals surface area contributed by atoms with Crippen LogP contribution in [-0.4, -0.2) is 5.11 Å². The molecule has 0 radical (unpaired) electrons. The SMILES string of the molecule is N#Cc1cc(CO)cc(C2CC2)c1. The van der Waals surface area contributed by atoms with E-state index in [9.17, 15) is 0 Å². The van der Waals surface area contributed by atoms with Crippen LogP contribution in [0, 0.1) is 11.3 Å². The van der Waals surface area contributed by atoms with Crippen LogP contribution in [0.1, 0.15) is 35.4 Å². The first-order valence-electron chi connectivity index (χ1n) is 4.48. The van der Waals surface area contributed by atoms with Gasteiger partial charge in [0.2, 0.25) is 0 Å². The van der Waals surface area contributed by atoms with Crippen LogP contribution in [0.2, 0.25) is 0 Å². The molecule has 1 saturated carbocycles. The monoisotopic (exact) mass is 173 g/mol. The molecular weight excluding hydrogens is 162 g/mol. The zero-order chi connectivity index (χ0) is 9.26. The molecule has 1 N–H and O–H groups in total. The zero-order valence-electron chi connectivity index (χ0n) is 7.33. The maximum absolute atomic E-state index is 8.97. The van der Waals surface area contributed by atoms with Crippen LogP contribution in [0.3, 0.4) is 0 Å². The van der Waals surface area contributed by atoms with E-state index < -0.39 is 0 Å². The summed E-state index contributed by atoms with van der Waals surface area (Å²) in [5, 5.41) is 17.7. The van der Waals surface area contributed by atoms with E-state index in [-0.39, 0.29) is 6.61 Å². The Labute approximate surface area is 77.4 Å². The summed E-state index contributed by atoms with van der Waals surface area (Å²) in [5.74, 6) is 0.638. The lowest BCUT2D eigenvalue weighted by Gasteiger charge is -2.02. The largest absolute Gasteiger partial charge is 0.392 e. The number of nitrogens with zero attached hydrogens (tertiary/aromatic N) is 1. The predicted octanol–water partition coefficient (Wildman–Crippen LogP) is 1.93. The van der Waals surface area contributed by atoms with Gasteiger partial charge in [-0.1, -0.05) is 6.07 Å². The number of nitriles is 1. The highest BCUT2D eigenvalue weighted by Crippen LogP contribution is 2.40. The summed E-state index contributed by atoms with van der Waals surface area (Å²) < 4.78 is 0. The summed E-state index contributed by atoms with van der Waals surface area (Å²) >= 11 is 0. The minimum atomic E-state index is 0.0231. The zero-order valence-corrected chi connectivity index (χ0v) is 7.33. The number of aliphatic hydroxyl groups is 1. The fourth-order valence-electron chi connectivity index (χ4n) is 1.53. The van der Waals surface area contributed by atoms with Crippen molar-refractivity contribution in [1.29, 1.82) is 5.26 Å². The van der Waals surface area contributed by atoms with Crippen LogP contribution >= 0.6 is 0 Å². The highest BCUT2D eigenvalue weighted by molar-refractivity contribution is 5.39. The lowest BCUT2D eigenvalue weighted by Crippen LogP contribution is -1.89. The van der Waals surface area contributed by atoms with Crippen molar-refractivity contribution in [2.75, 3.05) is 0 Å². The number of hydrogen-bond donors (Lipinski definition) is 1. The van der Waals surface area contributed by atoms with Crippen molar-refractivity contribution in [2.24, 2.45) is 0 Å². The van der Waals surface area contributed by atoms with Gasteiger partial charge in [-0.05, 0) is 42.0 Å². The van der Waals surface area contributed by atoms with Gasteiger partial charge in [-0.15, -0.1) is 0 Å². The minimum absolute atomic E-state index is 0.0231. The van der Waals surface area contributed by atoms with E-state index in [4.69, 9.17) is 10.4 Å². The molecule has 0 unspecified atom stereocenters. The van der Waals surface area contributed by atoms with Crippen molar-refractivity contribution >= 4 is 0 Å². The van der Waals surface area contributed by atoms with Crippen LogP contribution in [0.5, 0.6) is 0 Å². The number of aliphatic hydroxyl groups excluding tert-OH is 1. The molecule has 0 heterocycles. The summed E-state index contributed by atoms with van der Waals surface area (Å²) in [6.45, 7) is 0.0231. The average Bonchev–Trinajstić information content (AvgIpc) is 3.00. The van der Waals surface area contributed by atoms with Crippen LogP contribution in [0.4, 0.5) is 0 Å². The predicted molar refractivity (Wildman–Crippen MR) is 49.1 cm³/mol. The molecule has 2 heteroatoms. The Hall–Kier alpha value is -1.33. The fraction of sp³-hybridized carbons (Fsp3) is 0.364. The van der Waals surface area contributed by atoms with Crippen molar-refractivity contribution in [3.05, 3.63) is 34.9 Å². The molecule has 1 fully saturated rings. The molecule has 1 aromatic carbocycles. The van der Waals surface area contributed by atoms with E-state index >= 15 is 0 Å². The van der Waals surface area contributed by atoms with Gasteiger partial charge in [0.05, 0.1) is 18.2 Å². The molecule has 66 valence electrons. The average molecular weight is 173 g/mol. The molecule has 2 nitrogen and oxygen atoms in total. The second-order valence-corrected chi connectivity index (χ2v) is 3.51. The van der Waals surface area contributed by atoms with Crippen molar-refractivity contribution in [2.45, 2.75) is 25.4 Å². The molecule has 1 aromatic rings. The van der Waals surface area contributed by atoms with Gasteiger partial charge in [-0.2, -0.15) is 5.26 Å². The van der Waals surface area contributed by atoms with E-state index in [2.05, 4.69) is 6.07 Å². The van der Waals surface area contributed by atoms with E-state index in [0.717, 1.165) is 5.56 Å². The standard InChI is InChI=1S/C11H11NO/c12-6-8-3-9(7-13)5-11(4-8)10-1-2-10/h3-5,10,13H,1-2,7H2. The van der Waals surface area contributed by atoms with Crippen molar-refractivity contribution in [1.82, 2.24) is 0 Å². The van der Waals surface area contributed by atoms with Gasteiger partial charge < -0.3 is 5.11 Å². The van der Waals surface area contributed by atoms with E-state index in [0.29, 0.717) is 11.5 Å². The molecule has 0 atom stereocenters. The van der Waals surface area contributed by atoms with E-state index in [1.54, 1.807) is 6.07 Å². The Morgan fingerprint density at radius 3 is 2.69 bits per heavy atom. The van der Waals surface area contributed by atoms with Crippen LogP contribution in [0.25, 0.3) is 0 Å². The van der Waals surface area contributed by atoms with Crippen molar-refractivity contribution in [3.8, 4) is 6.07 Å². The third-order valence-electron chi connectivity index (χ3n) is 2.38. The highest BCUT2D eigenvalue weighted by Gasteiger charge is 2.23. The second-order valence-electron chi connectivity index (χ2n) is 3.51. The summed E-state index contributed by atoms with van der Waals surface area (Å²) in [6, 6.07) is 7.78. The van der Waals surface area contributed by atoms with Gasteiger partial charge in [-0.25, -0.2) is 0 Å². The molecule has 1 aliphatic carbocycles. The normalized spacial score (nSPS) is 15.4. The lowest BCUT2D eigenvalue weighted by atomic mass is 10.0. The first-order chi connectivity index (χ1) is 6.33. The molecule has 13 heavy (non-hydrogen) atoms. The Balaban J connectivity index is 2.40. The molecule has 0 aliphatic heterocycles. The molecule has 0 amide bonds. The van der Waals surface area contributed by atoms with E-state index in [1.165, 1.54) is 18.4 Å². The Morgan fingerprint density at radius 1 is 1.38 bits per heavy atom. The third kappa shape index (κ3) is 1.71. The van der Waals surface area contributed by atoms with Gasteiger partial charge in [0, 0.05) is 0 Å². The van der Waals surface area contributed by atoms with Crippen molar-refractivity contribution in [3.63, 3.8) is 0 Å². The summed E-state index contributed by atoms with van der Waals surface area (Å²) in [7, 11) is 0. The third-order valence-corrected chi connectivity index (χ3v) is 2.38. The maximum atomic E-state index is 8.97. The number of benzene rings is 1. The maximum Gasteiger partial charge on any atom is 0.0991 e. The molecule has 2 rings (SSSR count). The number of hydrogen-bond acceptors (Lipinski definition) is 2. The second kappa shape index (κ2) is 3.20. The van der Waals surface area contributed by atoms with Crippen molar-refractivity contribution < 1.29 is 5.11 Å². The molecular formula is C11H11NO. The molecule has 0 bridgehead atoms. The Kier molecular flexibility index (Phi) is 2.03. The lowest BCUT2D eigenvalue weighted by molar-refractivity contribution is 0.281. The molecule has 0 aromatic heterocycles. The first kappa shape index (κ1) is 8.28. The van der Waals surface area contributed by atoms with Gasteiger partial charge >= 0.3 is 0 Å². The fourth-order valence-corrected chi connectivity index (χ4v) is 1.53. The molecule has 0 spiro atoms. The quantitative estimate of drug-likeness (QED) is 0.742.